The number of carbonyl (C=O) groups excluding carboxylic acids is 1. The lowest BCUT2D eigenvalue weighted by Crippen LogP contribution is -2.51. The summed E-state index contributed by atoms with van der Waals surface area (Å²) in [6, 6.07) is 13.7. The van der Waals surface area contributed by atoms with E-state index in [1.165, 1.54) is 4.52 Å². The summed E-state index contributed by atoms with van der Waals surface area (Å²) in [5.41, 5.74) is 12.1. The van der Waals surface area contributed by atoms with E-state index >= 15 is 0 Å². The van der Waals surface area contributed by atoms with Gasteiger partial charge in [-0.3, -0.25) is 14.6 Å². The normalized spacial score (nSPS) is 20.4. The van der Waals surface area contributed by atoms with Gasteiger partial charge in [-0.15, -0.1) is 0 Å². The van der Waals surface area contributed by atoms with Gasteiger partial charge in [0.1, 0.15) is 16.3 Å². The van der Waals surface area contributed by atoms with Gasteiger partial charge in [0.25, 0.3) is 5.91 Å². The van der Waals surface area contributed by atoms with Crippen molar-refractivity contribution in [2.75, 3.05) is 38.9 Å². The molecule has 0 atom stereocenters. The minimum absolute atomic E-state index is 0.00276. The summed E-state index contributed by atoms with van der Waals surface area (Å²) in [4.78, 5) is 28.3. The number of nitrogens with two attached hydrogens (primary N) is 1. The lowest BCUT2D eigenvalue weighted by molar-refractivity contribution is -0.167. The number of rotatable bonds is 12. The average molecular weight is 635 g/mol. The summed E-state index contributed by atoms with van der Waals surface area (Å²) in [6.45, 7) is 1.04. The van der Waals surface area contributed by atoms with Gasteiger partial charge in [-0.2, -0.15) is 9.61 Å². The largest absolute Gasteiger partial charge is 0.382 e. The quantitative estimate of drug-likeness (QED) is 0.172. The first-order valence-electron chi connectivity index (χ1n) is 15.1. The molecule has 6 rings (SSSR count). The summed E-state index contributed by atoms with van der Waals surface area (Å²) in [5, 5.41) is 4.41. The minimum atomic E-state index is -3.78. The van der Waals surface area contributed by atoms with Gasteiger partial charge in [-0.05, 0) is 50.5 Å². The Balaban J connectivity index is 1.31. The fraction of sp³-hybridized carbons (Fsp3) is 0.438. The van der Waals surface area contributed by atoms with Gasteiger partial charge in [0.15, 0.2) is 15.5 Å². The van der Waals surface area contributed by atoms with E-state index in [4.69, 9.17) is 25.0 Å². The van der Waals surface area contributed by atoms with E-state index in [0.717, 1.165) is 35.9 Å². The number of amides is 1. The third-order valence-corrected chi connectivity index (χ3v) is 9.78. The third-order valence-electron chi connectivity index (χ3n) is 8.62. The molecule has 0 spiro atoms. The Morgan fingerprint density at radius 1 is 1.04 bits per heavy atom. The highest BCUT2D eigenvalue weighted by Crippen LogP contribution is 2.43. The van der Waals surface area contributed by atoms with Crippen molar-refractivity contribution < 1.29 is 27.5 Å². The number of benzene rings is 1. The molecular weight excluding hydrogens is 596 g/mol. The van der Waals surface area contributed by atoms with E-state index in [1.807, 2.05) is 42.5 Å². The topological polar surface area (TPSA) is 160 Å². The first kappa shape index (κ1) is 31.1. The van der Waals surface area contributed by atoms with Crippen molar-refractivity contribution in [1.82, 2.24) is 25.1 Å². The maximum absolute atomic E-state index is 13.3. The van der Waals surface area contributed by atoms with Gasteiger partial charge < -0.3 is 15.2 Å². The van der Waals surface area contributed by atoms with Crippen molar-refractivity contribution in [1.29, 1.82) is 0 Å². The molecule has 2 aliphatic carbocycles. The van der Waals surface area contributed by atoms with Crippen LogP contribution in [-0.4, -0.2) is 72.7 Å². The number of hydrogen-bond donors (Lipinski definition) is 2. The Bertz CT molecular complexity index is 1770. The lowest BCUT2D eigenvalue weighted by atomic mass is 9.76. The number of hydrogen-bond acceptors (Lipinski definition) is 10. The highest BCUT2D eigenvalue weighted by atomic mass is 32.2. The van der Waals surface area contributed by atoms with Gasteiger partial charge in [-0.25, -0.2) is 18.9 Å². The number of hydroxylamine groups is 1. The Morgan fingerprint density at radius 2 is 1.80 bits per heavy atom. The fourth-order valence-electron chi connectivity index (χ4n) is 5.93. The van der Waals surface area contributed by atoms with Crippen LogP contribution in [0.15, 0.2) is 59.8 Å². The van der Waals surface area contributed by atoms with Crippen molar-refractivity contribution in [2.45, 2.75) is 54.9 Å². The summed E-state index contributed by atoms with van der Waals surface area (Å²) in [6.07, 6.45) is 8.27. The predicted octanol–water partition coefficient (Wildman–Crippen LogP) is 3.96. The summed E-state index contributed by atoms with van der Waals surface area (Å²) in [5.74, 6) is -0.147. The molecular formula is C32H38N6O6S. The van der Waals surface area contributed by atoms with Crippen molar-refractivity contribution in [3.8, 4) is 22.4 Å². The standard InChI is InChI=1S/C32H38N6O6S/c1-42-16-17-43-32(31(39)37-44-20-21-8-9-21)14-12-23(13-15-32)27-28(45(2,40)41)29(33)38-30(36-27)25(19-35-38)24-10-11-26(34-18-24)22-6-4-3-5-7-22/h3-7,10-11,18-19,21,23H,8-9,12-17,20,33H2,1-2H3,(H,37,39)/t23-,32+. The molecule has 2 fully saturated rings. The molecule has 3 N–H and O–H groups in total. The molecule has 1 amide bonds. The molecule has 0 radical (unpaired) electrons. The zero-order valence-electron chi connectivity index (χ0n) is 25.4. The molecule has 1 aromatic carbocycles. The van der Waals surface area contributed by atoms with Gasteiger partial charge in [0.05, 0.1) is 37.4 Å². The summed E-state index contributed by atoms with van der Waals surface area (Å²) < 4.78 is 38.9. The van der Waals surface area contributed by atoms with Crippen LogP contribution in [0.3, 0.4) is 0 Å². The van der Waals surface area contributed by atoms with Crippen molar-refractivity contribution in [2.24, 2.45) is 5.92 Å². The van der Waals surface area contributed by atoms with E-state index in [9.17, 15) is 13.2 Å². The van der Waals surface area contributed by atoms with Crippen LogP contribution in [0.5, 0.6) is 0 Å². The zero-order valence-corrected chi connectivity index (χ0v) is 26.3. The molecule has 4 aromatic rings. The smallest absolute Gasteiger partial charge is 0.275 e. The number of anilines is 1. The molecule has 238 valence electrons. The second-order valence-corrected chi connectivity index (χ2v) is 13.8. The number of fused-ring (bicyclic) bond motifs is 1. The van der Waals surface area contributed by atoms with Crippen molar-refractivity contribution in [3.63, 3.8) is 0 Å². The van der Waals surface area contributed by atoms with Gasteiger partial charge in [-0.1, -0.05) is 36.4 Å². The highest BCUT2D eigenvalue weighted by Gasteiger charge is 2.45. The molecule has 0 aliphatic heterocycles. The van der Waals surface area contributed by atoms with Crippen LogP contribution in [0.4, 0.5) is 5.82 Å². The maximum Gasteiger partial charge on any atom is 0.275 e. The van der Waals surface area contributed by atoms with Crippen LogP contribution >= 0.6 is 0 Å². The molecule has 0 unspecified atom stereocenters. The minimum Gasteiger partial charge on any atom is -0.382 e. The second kappa shape index (κ2) is 12.8. The molecule has 0 bridgehead atoms. The summed E-state index contributed by atoms with van der Waals surface area (Å²) in [7, 11) is -2.21. The van der Waals surface area contributed by atoms with Crippen LogP contribution in [0.2, 0.25) is 0 Å². The van der Waals surface area contributed by atoms with Gasteiger partial charge in [0, 0.05) is 42.2 Å². The molecule has 3 heterocycles. The number of sulfone groups is 1. The third kappa shape index (κ3) is 6.57. The Kier molecular flexibility index (Phi) is 8.87. The number of pyridine rings is 1. The number of methoxy groups -OCH3 is 1. The maximum atomic E-state index is 13.3. The number of ether oxygens (including phenoxy) is 2. The molecule has 0 saturated heterocycles. The fourth-order valence-corrected chi connectivity index (χ4v) is 6.99. The monoisotopic (exact) mass is 634 g/mol. The predicted molar refractivity (Wildman–Crippen MR) is 168 cm³/mol. The molecule has 2 saturated carbocycles. The number of nitrogens with zero attached hydrogens (tertiary/aromatic N) is 4. The van der Waals surface area contributed by atoms with Crippen LogP contribution < -0.4 is 11.2 Å². The van der Waals surface area contributed by atoms with E-state index in [-0.39, 0.29) is 29.1 Å². The number of nitrogen functional groups attached to an aromatic ring is 1. The number of carbonyl (C=O) groups is 1. The number of nitrogens with one attached hydrogen (secondary N) is 1. The molecule has 12 nitrogen and oxygen atoms in total. The van der Waals surface area contributed by atoms with E-state index < -0.39 is 15.4 Å². The molecule has 3 aromatic heterocycles. The zero-order chi connectivity index (χ0) is 31.6. The average Bonchev–Trinajstić information content (AvgIpc) is 3.77. The SMILES string of the molecule is COCCO[C@]1(C(=O)NOCC2CC2)CC[C@H](c2nc3c(-c4ccc(-c5ccccc5)nc4)cnn3c(N)c2S(C)(=O)=O)CC1. The second-order valence-electron chi connectivity index (χ2n) is 11.9. The van der Waals surface area contributed by atoms with Gasteiger partial charge in [0.2, 0.25) is 0 Å². The first-order chi connectivity index (χ1) is 21.7. The van der Waals surface area contributed by atoms with Crippen molar-refractivity contribution >= 4 is 27.2 Å². The van der Waals surface area contributed by atoms with E-state index in [1.54, 1.807) is 19.5 Å². The summed E-state index contributed by atoms with van der Waals surface area (Å²) >= 11 is 0. The van der Waals surface area contributed by atoms with Gasteiger partial charge >= 0.3 is 0 Å². The van der Waals surface area contributed by atoms with Crippen molar-refractivity contribution in [3.05, 3.63) is 60.6 Å². The highest BCUT2D eigenvalue weighted by molar-refractivity contribution is 7.91. The first-order valence-corrected chi connectivity index (χ1v) is 17.0. The Morgan fingerprint density at radius 3 is 2.44 bits per heavy atom. The molecule has 2 aliphatic rings. The Hall–Kier alpha value is -3.91. The van der Waals surface area contributed by atoms with Crippen LogP contribution in [0.1, 0.15) is 50.1 Å². The number of aromatic nitrogens is 4. The van der Waals surface area contributed by atoms with Crippen LogP contribution in [0, 0.1) is 5.92 Å². The molecule has 13 heteroatoms. The lowest BCUT2D eigenvalue weighted by Gasteiger charge is -2.38. The van der Waals surface area contributed by atoms with Crippen LogP contribution in [0.25, 0.3) is 28.0 Å². The van der Waals surface area contributed by atoms with E-state index in [0.29, 0.717) is 61.7 Å². The van der Waals surface area contributed by atoms with E-state index in [2.05, 4.69) is 15.6 Å². The molecule has 45 heavy (non-hydrogen) atoms. The Labute approximate surface area is 262 Å². The van der Waals surface area contributed by atoms with Crippen LogP contribution in [-0.2, 0) is 28.9 Å².